The molecule has 1 aliphatic rings. The molecule has 0 radical (unpaired) electrons. The highest BCUT2D eigenvalue weighted by Crippen LogP contribution is 2.19. The standard InChI is InChI=1S/C13H21N3O3/c1-9(2)19-11-6-10(3)15-12(16-11)14-7-13(17)4-5-18-8-13/h6,9,17H,4-5,7-8H2,1-3H3,(H,14,15,16). The minimum absolute atomic E-state index is 0.0644. The van der Waals surface area contributed by atoms with Gasteiger partial charge in [-0.15, -0.1) is 0 Å². The molecule has 2 rings (SSSR count). The van der Waals surface area contributed by atoms with Gasteiger partial charge in [-0.05, 0) is 20.8 Å². The first kappa shape index (κ1) is 14.0. The van der Waals surface area contributed by atoms with Gasteiger partial charge in [0.1, 0.15) is 5.60 Å². The number of hydrogen-bond donors (Lipinski definition) is 2. The van der Waals surface area contributed by atoms with E-state index in [0.717, 1.165) is 5.69 Å². The summed E-state index contributed by atoms with van der Waals surface area (Å²) in [5.41, 5.74) is -0.00516. The van der Waals surface area contributed by atoms with Crippen LogP contribution in [0.2, 0.25) is 0 Å². The molecule has 6 heteroatoms. The van der Waals surface area contributed by atoms with Gasteiger partial charge in [-0.2, -0.15) is 4.98 Å². The van der Waals surface area contributed by atoms with Crippen LogP contribution >= 0.6 is 0 Å². The molecule has 0 bridgehead atoms. The fourth-order valence-electron chi connectivity index (χ4n) is 1.90. The first-order valence-electron chi connectivity index (χ1n) is 6.53. The van der Waals surface area contributed by atoms with E-state index in [1.54, 1.807) is 6.07 Å². The number of rotatable bonds is 5. The maximum Gasteiger partial charge on any atom is 0.226 e. The van der Waals surface area contributed by atoms with Crippen LogP contribution in [0.25, 0.3) is 0 Å². The third kappa shape index (κ3) is 4.04. The quantitative estimate of drug-likeness (QED) is 0.833. The van der Waals surface area contributed by atoms with E-state index in [2.05, 4.69) is 15.3 Å². The molecule has 106 valence electrons. The Morgan fingerprint density at radius 1 is 1.53 bits per heavy atom. The average molecular weight is 267 g/mol. The van der Waals surface area contributed by atoms with E-state index in [4.69, 9.17) is 9.47 Å². The Balaban J connectivity index is 2.01. The van der Waals surface area contributed by atoms with Crippen molar-refractivity contribution >= 4 is 5.95 Å². The molecule has 1 unspecified atom stereocenters. The molecule has 1 aromatic rings. The fraction of sp³-hybridized carbons (Fsp3) is 0.692. The van der Waals surface area contributed by atoms with Gasteiger partial charge in [-0.25, -0.2) is 4.98 Å². The van der Waals surface area contributed by atoms with Crippen molar-refractivity contribution in [2.75, 3.05) is 25.1 Å². The van der Waals surface area contributed by atoms with Crippen LogP contribution in [-0.2, 0) is 4.74 Å². The predicted molar refractivity (Wildman–Crippen MR) is 71.4 cm³/mol. The zero-order valence-corrected chi connectivity index (χ0v) is 11.6. The van der Waals surface area contributed by atoms with E-state index in [1.807, 2.05) is 20.8 Å². The Hall–Kier alpha value is -1.40. The van der Waals surface area contributed by atoms with Gasteiger partial charge in [0.2, 0.25) is 11.8 Å². The number of ether oxygens (including phenoxy) is 2. The van der Waals surface area contributed by atoms with Crippen molar-refractivity contribution in [1.29, 1.82) is 0 Å². The topological polar surface area (TPSA) is 76.5 Å². The summed E-state index contributed by atoms with van der Waals surface area (Å²) in [5.74, 6) is 1.01. The highest BCUT2D eigenvalue weighted by atomic mass is 16.5. The van der Waals surface area contributed by atoms with Crippen LogP contribution in [0.4, 0.5) is 5.95 Å². The van der Waals surface area contributed by atoms with Gasteiger partial charge in [0.15, 0.2) is 0 Å². The van der Waals surface area contributed by atoms with Gasteiger partial charge < -0.3 is 19.9 Å². The normalized spacial score (nSPS) is 22.8. The molecule has 1 aromatic heterocycles. The molecule has 2 heterocycles. The third-order valence-electron chi connectivity index (χ3n) is 2.85. The second-order valence-electron chi connectivity index (χ2n) is 5.22. The van der Waals surface area contributed by atoms with Gasteiger partial charge in [-0.1, -0.05) is 0 Å². The van der Waals surface area contributed by atoms with Crippen LogP contribution in [0.3, 0.4) is 0 Å². The van der Waals surface area contributed by atoms with Crippen molar-refractivity contribution < 1.29 is 14.6 Å². The number of hydrogen-bond acceptors (Lipinski definition) is 6. The van der Waals surface area contributed by atoms with Crippen LogP contribution < -0.4 is 10.1 Å². The largest absolute Gasteiger partial charge is 0.475 e. The molecule has 1 saturated heterocycles. The van der Waals surface area contributed by atoms with E-state index in [0.29, 0.717) is 38.0 Å². The Morgan fingerprint density at radius 3 is 2.95 bits per heavy atom. The summed E-state index contributed by atoms with van der Waals surface area (Å²) >= 11 is 0. The third-order valence-corrected chi connectivity index (χ3v) is 2.85. The Kier molecular flexibility index (Phi) is 4.21. The van der Waals surface area contributed by atoms with Crippen molar-refractivity contribution in [1.82, 2.24) is 9.97 Å². The van der Waals surface area contributed by atoms with E-state index >= 15 is 0 Å². The number of aliphatic hydroxyl groups is 1. The summed E-state index contributed by atoms with van der Waals surface area (Å²) in [4.78, 5) is 8.55. The Labute approximate surface area is 113 Å². The summed E-state index contributed by atoms with van der Waals surface area (Å²) in [6.45, 7) is 7.09. The van der Waals surface area contributed by atoms with Gasteiger partial charge in [0, 0.05) is 31.3 Å². The number of nitrogens with zero attached hydrogens (tertiary/aromatic N) is 2. The lowest BCUT2D eigenvalue weighted by Crippen LogP contribution is -2.37. The molecule has 0 aliphatic carbocycles. The molecule has 1 atom stereocenters. The van der Waals surface area contributed by atoms with Gasteiger partial charge in [0.05, 0.1) is 12.7 Å². The number of aromatic nitrogens is 2. The van der Waals surface area contributed by atoms with E-state index in [-0.39, 0.29) is 6.10 Å². The zero-order chi connectivity index (χ0) is 13.9. The number of anilines is 1. The molecule has 2 N–H and O–H groups in total. The summed E-state index contributed by atoms with van der Waals surface area (Å²) in [6.07, 6.45) is 0.691. The first-order chi connectivity index (χ1) is 8.97. The molecule has 1 aliphatic heterocycles. The van der Waals surface area contributed by atoms with Gasteiger partial charge in [-0.3, -0.25) is 0 Å². The maximum atomic E-state index is 10.2. The predicted octanol–water partition coefficient (Wildman–Crippen LogP) is 1.14. The summed E-state index contributed by atoms with van der Waals surface area (Å²) < 4.78 is 10.7. The lowest BCUT2D eigenvalue weighted by atomic mass is 10.0. The Bertz CT molecular complexity index is 431. The summed E-state index contributed by atoms with van der Waals surface area (Å²) in [6, 6.07) is 1.79. The van der Waals surface area contributed by atoms with Crippen molar-refractivity contribution in [3.8, 4) is 5.88 Å². The summed E-state index contributed by atoms with van der Waals surface area (Å²) in [7, 11) is 0. The second kappa shape index (κ2) is 5.71. The first-order valence-corrected chi connectivity index (χ1v) is 6.53. The second-order valence-corrected chi connectivity index (χ2v) is 5.22. The minimum Gasteiger partial charge on any atom is -0.475 e. The van der Waals surface area contributed by atoms with Crippen molar-refractivity contribution in [2.45, 2.75) is 38.9 Å². The average Bonchev–Trinajstić information content (AvgIpc) is 2.73. The van der Waals surface area contributed by atoms with Crippen LogP contribution in [-0.4, -0.2) is 46.5 Å². The zero-order valence-electron chi connectivity index (χ0n) is 11.6. The summed E-state index contributed by atoms with van der Waals surface area (Å²) in [5, 5.41) is 13.2. The lowest BCUT2D eigenvalue weighted by molar-refractivity contribution is 0.0380. The van der Waals surface area contributed by atoms with Crippen LogP contribution in [0, 0.1) is 6.92 Å². The molecular formula is C13H21N3O3. The molecule has 0 spiro atoms. The van der Waals surface area contributed by atoms with Crippen LogP contribution in [0.15, 0.2) is 6.07 Å². The minimum atomic E-state index is -0.827. The van der Waals surface area contributed by atoms with Crippen molar-refractivity contribution in [2.24, 2.45) is 0 Å². The molecule has 0 saturated carbocycles. The highest BCUT2D eigenvalue weighted by molar-refractivity contribution is 5.31. The molecule has 0 aromatic carbocycles. The van der Waals surface area contributed by atoms with Gasteiger partial charge >= 0.3 is 0 Å². The number of nitrogens with one attached hydrogen (secondary N) is 1. The van der Waals surface area contributed by atoms with E-state index in [9.17, 15) is 5.11 Å². The molecule has 0 amide bonds. The van der Waals surface area contributed by atoms with E-state index in [1.165, 1.54) is 0 Å². The molecule has 19 heavy (non-hydrogen) atoms. The van der Waals surface area contributed by atoms with E-state index < -0.39 is 5.60 Å². The van der Waals surface area contributed by atoms with Crippen molar-refractivity contribution in [3.05, 3.63) is 11.8 Å². The highest BCUT2D eigenvalue weighted by Gasteiger charge is 2.32. The molecule has 1 fully saturated rings. The molecular weight excluding hydrogens is 246 g/mol. The SMILES string of the molecule is Cc1cc(OC(C)C)nc(NCC2(O)CCOC2)n1. The van der Waals surface area contributed by atoms with Gasteiger partial charge in [0.25, 0.3) is 0 Å². The monoisotopic (exact) mass is 267 g/mol. The van der Waals surface area contributed by atoms with Crippen LogP contribution in [0.1, 0.15) is 26.0 Å². The smallest absolute Gasteiger partial charge is 0.226 e. The fourth-order valence-corrected chi connectivity index (χ4v) is 1.90. The Morgan fingerprint density at radius 2 is 2.32 bits per heavy atom. The lowest BCUT2D eigenvalue weighted by Gasteiger charge is -2.21. The number of aryl methyl sites for hydroxylation is 1. The molecule has 6 nitrogen and oxygen atoms in total. The maximum absolute atomic E-state index is 10.2. The van der Waals surface area contributed by atoms with Crippen molar-refractivity contribution in [3.63, 3.8) is 0 Å². The van der Waals surface area contributed by atoms with Crippen LogP contribution in [0.5, 0.6) is 5.88 Å².